The molecule has 1 saturated heterocycles. The number of carbonyl (C=O) groups excluding carboxylic acids is 1. The van der Waals surface area contributed by atoms with Crippen LogP contribution in [-0.4, -0.2) is 47.0 Å². The Morgan fingerprint density at radius 2 is 1.80 bits per heavy atom. The van der Waals surface area contributed by atoms with Crippen LogP contribution in [0.15, 0.2) is 53.2 Å². The van der Waals surface area contributed by atoms with Gasteiger partial charge in [0.1, 0.15) is 5.52 Å². The van der Waals surface area contributed by atoms with E-state index in [0.29, 0.717) is 18.7 Å². The van der Waals surface area contributed by atoms with E-state index < -0.39 is 0 Å². The van der Waals surface area contributed by atoms with Crippen LogP contribution in [0.5, 0.6) is 0 Å². The number of aryl methyl sites for hydroxylation is 1. The van der Waals surface area contributed by atoms with Crippen LogP contribution in [0.2, 0.25) is 0 Å². The van der Waals surface area contributed by atoms with Crippen LogP contribution < -0.4 is 4.90 Å². The molecular weight excluding hydrogens is 316 g/mol. The van der Waals surface area contributed by atoms with Gasteiger partial charge in [-0.15, -0.1) is 0 Å². The van der Waals surface area contributed by atoms with E-state index in [9.17, 15) is 4.79 Å². The van der Waals surface area contributed by atoms with Crippen LogP contribution >= 0.6 is 0 Å². The molecular formula is C19H20N4O2. The molecule has 0 radical (unpaired) electrons. The summed E-state index contributed by atoms with van der Waals surface area (Å²) in [4.78, 5) is 25.1. The van der Waals surface area contributed by atoms with Crippen molar-refractivity contribution in [3.63, 3.8) is 0 Å². The second kappa shape index (κ2) is 6.93. The highest BCUT2D eigenvalue weighted by Crippen LogP contribution is 2.17. The van der Waals surface area contributed by atoms with Crippen LogP contribution in [0.25, 0.3) is 11.1 Å². The molecule has 128 valence electrons. The summed E-state index contributed by atoms with van der Waals surface area (Å²) in [6.07, 6.45) is 4.57. The minimum Gasteiger partial charge on any atom is -0.441 e. The maximum Gasteiger partial charge on any atom is 0.223 e. The van der Waals surface area contributed by atoms with E-state index in [-0.39, 0.29) is 5.91 Å². The van der Waals surface area contributed by atoms with Crippen molar-refractivity contribution in [2.75, 3.05) is 31.1 Å². The summed E-state index contributed by atoms with van der Waals surface area (Å²) in [5, 5.41) is 0. The smallest absolute Gasteiger partial charge is 0.223 e. The fourth-order valence-electron chi connectivity index (χ4n) is 3.17. The van der Waals surface area contributed by atoms with Gasteiger partial charge in [-0.25, -0.2) is 4.98 Å². The van der Waals surface area contributed by atoms with Crippen molar-refractivity contribution >= 4 is 22.7 Å². The van der Waals surface area contributed by atoms with Crippen molar-refractivity contribution in [3.05, 3.63) is 54.7 Å². The number of hydrogen-bond donors (Lipinski definition) is 0. The monoisotopic (exact) mass is 336 g/mol. The summed E-state index contributed by atoms with van der Waals surface area (Å²) in [7, 11) is 0. The van der Waals surface area contributed by atoms with Crippen molar-refractivity contribution in [1.82, 2.24) is 14.9 Å². The number of benzene rings is 1. The number of anilines is 1. The second-order valence-electron chi connectivity index (χ2n) is 6.15. The molecule has 0 N–H and O–H groups in total. The van der Waals surface area contributed by atoms with E-state index in [1.54, 1.807) is 12.4 Å². The Bertz CT molecular complexity index is 821. The number of rotatable bonds is 4. The van der Waals surface area contributed by atoms with Gasteiger partial charge in [0.2, 0.25) is 5.91 Å². The highest BCUT2D eigenvalue weighted by Gasteiger charge is 2.21. The summed E-state index contributed by atoms with van der Waals surface area (Å²) < 4.78 is 5.68. The van der Waals surface area contributed by atoms with Crippen LogP contribution in [0, 0.1) is 0 Å². The maximum atomic E-state index is 12.5. The Kier molecular flexibility index (Phi) is 4.33. The van der Waals surface area contributed by atoms with E-state index in [1.807, 2.05) is 41.3 Å². The van der Waals surface area contributed by atoms with Gasteiger partial charge in [-0.2, -0.15) is 0 Å². The predicted molar refractivity (Wildman–Crippen MR) is 95.4 cm³/mol. The molecule has 2 aromatic heterocycles. The lowest BCUT2D eigenvalue weighted by molar-refractivity contribution is -0.131. The van der Waals surface area contributed by atoms with Crippen LogP contribution in [0.4, 0.5) is 5.69 Å². The third-order valence-corrected chi connectivity index (χ3v) is 4.55. The number of aromatic nitrogens is 2. The van der Waals surface area contributed by atoms with E-state index in [0.717, 1.165) is 43.0 Å². The molecule has 6 nitrogen and oxygen atoms in total. The van der Waals surface area contributed by atoms with E-state index in [1.165, 1.54) is 0 Å². The maximum absolute atomic E-state index is 12.5. The molecule has 1 fully saturated rings. The van der Waals surface area contributed by atoms with Gasteiger partial charge >= 0.3 is 0 Å². The van der Waals surface area contributed by atoms with Gasteiger partial charge in [0.25, 0.3) is 0 Å². The number of piperazine rings is 1. The molecule has 0 bridgehead atoms. The molecule has 0 saturated carbocycles. The number of nitrogens with zero attached hydrogens (tertiary/aromatic N) is 4. The Balaban J connectivity index is 1.30. The van der Waals surface area contributed by atoms with E-state index >= 15 is 0 Å². The molecule has 1 aliphatic heterocycles. The molecule has 3 heterocycles. The number of oxazole rings is 1. The third kappa shape index (κ3) is 3.47. The molecule has 0 atom stereocenters. The number of para-hydroxylation sites is 2. The first kappa shape index (κ1) is 15.6. The summed E-state index contributed by atoms with van der Waals surface area (Å²) in [6, 6.07) is 11.7. The fraction of sp³-hybridized carbons (Fsp3) is 0.316. The van der Waals surface area contributed by atoms with Crippen LogP contribution in [0.1, 0.15) is 12.3 Å². The number of pyridine rings is 1. The van der Waals surface area contributed by atoms with Gasteiger partial charge < -0.3 is 14.2 Å². The van der Waals surface area contributed by atoms with Crippen LogP contribution in [0.3, 0.4) is 0 Å². The molecule has 0 aliphatic carbocycles. The van der Waals surface area contributed by atoms with Gasteiger partial charge in [0, 0.05) is 57.1 Å². The average molecular weight is 336 g/mol. The molecule has 1 aromatic carbocycles. The fourth-order valence-corrected chi connectivity index (χ4v) is 3.17. The van der Waals surface area contributed by atoms with E-state index in [4.69, 9.17) is 4.42 Å². The topological polar surface area (TPSA) is 62.5 Å². The Morgan fingerprint density at radius 1 is 1.04 bits per heavy atom. The highest BCUT2D eigenvalue weighted by atomic mass is 16.3. The van der Waals surface area contributed by atoms with Gasteiger partial charge in [0.15, 0.2) is 11.5 Å². The van der Waals surface area contributed by atoms with Gasteiger partial charge in [-0.3, -0.25) is 9.78 Å². The molecule has 6 heteroatoms. The largest absolute Gasteiger partial charge is 0.441 e. The molecule has 0 unspecified atom stereocenters. The van der Waals surface area contributed by atoms with Crippen molar-refractivity contribution in [2.45, 2.75) is 12.8 Å². The van der Waals surface area contributed by atoms with Crippen molar-refractivity contribution in [2.24, 2.45) is 0 Å². The summed E-state index contributed by atoms with van der Waals surface area (Å²) in [6.45, 7) is 3.18. The minimum absolute atomic E-state index is 0.164. The summed E-state index contributed by atoms with van der Waals surface area (Å²) >= 11 is 0. The number of fused-ring (bicyclic) bond motifs is 1. The Labute approximate surface area is 146 Å². The Morgan fingerprint density at radius 3 is 2.56 bits per heavy atom. The lowest BCUT2D eigenvalue weighted by atomic mass is 10.2. The highest BCUT2D eigenvalue weighted by molar-refractivity contribution is 5.77. The van der Waals surface area contributed by atoms with Crippen LogP contribution in [-0.2, 0) is 11.2 Å². The normalized spacial score (nSPS) is 14.9. The second-order valence-corrected chi connectivity index (χ2v) is 6.15. The first-order valence-corrected chi connectivity index (χ1v) is 8.57. The minimum atomic E-state index is 0.164. The standard InChI is InChI=1S/C19H20N4O2/c24-19(6-5-18-21-16-3-1-2-4-17(16)25-18)23-13-11-22(12-14-23)15-7-9-20-10-8-15/h1-4,7-10H,5-6,11-14H2. The van der Waals surface area contributed by atoms with Crippen molar-refractivity contribution < 1.29 is 9.21 Å². The molecule has 0 spiro atoms. The lowest BCUT2D eigenvalue weighted by Gasteiger charge is -2.36. The molecule has 1 amide bonds. The van der Waals surface area contributed by atoms with Gasteiger partial charge in [-0.05, 0) is 24.3 Å². The number of hydrogen-bond acceptors (Lipinski definition) is 5. The van der Waals surface area contributed by atoms with Gasteiger partial charge in [-0.1, -0.05) is 12.1 Å². The first-order valence-electron chi connectivity index (χ1n) is 8.57. The summed E-state index contributed by atoms with van der Waals surface area (Å²) in [5.74, 6) is 0.793. The lowest BCUT2D eigenvalue weighted by Crippen LogP contribution is -2.48. The quantitative estimate of drug-likeness (QED) is 0.732. The summed E-state index contributed by atoms with van der Waals surface area (Å²) in [5.41, 5.74) is 2.78. The predicted octanol–water partition coefficient (Wildman–Crippen LogP) is 2.50. The zero-order valence-electron chi connectivity index (χ0n) is 14.0. The average Bonchev–Trinajstić information content (AvgIpc) is 3.10. The van der Waals surface area contributed by atoms with E-state index in [2.05, 4.69) is 14.9 Å². The number of carbonyl (C=O) groups is 1. The number of amides is 1. The molecule has 3 aromatic rings. The first-order chi connectivity index (χ1) is 12.3. The SMILES string of the molecule is O=C(CCc1nc2ccccc2o1)N1CCN(c2ccncc2)CC1. The van der Waals surface area contributed by atoms with Gasteiger partial charge in [0.05, 0.1) is 0 Å². The zero-order chi connectivity index (χ0) is 17.1. The molecule has 4 rings (SSSR count). The molecule has 1 aliphatic rings. The zero-order valence-corrected chi connectivity index (χ0v) is 14.0. The van der Waals surface area contributed by atoms with Crippen molar-refractivity contribution in [1.29, 1.82) is 0 Å². The Hall–Kier alpha value is -2.89. The third-order valence-electron chi connectivity index (χ3n) is 4.55. The molecule has 25 heavy (non-hydrogen) atoms. The van der Waals surface area contributed by atoms with Crippen molar-refractivity contribution in [3.8, 4) is 0 Å².